The lowest BCUT2D eigenvalue weighted by atomic mass is 9.92. The van der Waals surface area contributed by atoms with Gasteiger partial charge >= 0.3 is 0 Å². The number of nitrogens with zero attached hydrogens (tertiary/aromatic N) is 3. The van der Waals surface area contributed by atoms with E-state index < -0.39 is 0 Å². The zero-order valence-corrected chi connectivity index (χ0v) is 13.8. The number of hydrogen-bond donors (Lipinski definition) is 1. The van der Waals surface area contributed by atoms with E-state index >= 15 is 0 Å². The van der Waals surface area contributed by atoms with E-state index in [4.69, 9.17) is 4.74 Å². The number of aromatic amines is 1. The number of H-pyrrole nitrogens is 1. The molecule has 1 saturated heterocycles. The molecule has 1 aliphatic heterocycles. The van der Waals surface area contributed by atoms with Gasteiger partial charge in [0.25, 0.3) is 0 Å². The van der Waals surface area contributed by atoms with Crippen LogP contribution in [0, 0.1) is 11.8 Å². The van der Waals surface area contributed by atoms with Crippen molar-refractivity contribution in [1.82, 2.24) is 15.0 Å². The number of aromatic nitrogens is 3. The third-order valence-corrected chi connectivity index (χ3v) is 4.74. The van der Waals surface area contributed by atoms with Crippen LogP contribution in [0.25, 0.3) is 21.9 Å². The van der Waals surface area contributed by atoms with Crippen LogP contribution in [0.5, 0.6) is 5.75 Å². The van der Waals surface area contributed by atoms with E-state index in [1.165, 1.54) is 6.42 Å². The van der Waals surface area contributed by atoms with Gasteiger partial charge < -0.3 is 14.6 Å². The van der Waals surface area contributed by atoms with Crippen LogP contribution in [0.1, 0.15) is 20.3 Å². The van der Waals surface area contributed by atoms with E-state index in [0.29, 0.717) is 11.8 Å². The van der Waals surface area contributed by atoms with Crippen molar-refractivity contribution < 1.29 is 4.74 Å². The van der Waals surface area contributed by atoms with Gasteiger partial charge in [0.1, 0.15) is 23.1 Å². The summed E-state index contributed by atoms with van der Waals surface area (Å²) >= 11 is 0. The summed E-state index contributed by atoms with van der Waals surface area (Å²) < 4.78 is 5.52. The molecule has 0 bridgehead atoms. The minimum absolute atomic E-state index is 0.683. The molecule has 1 N–H and O–H groups in total. The Balaban J connectivity index is 1.91. The number of benzene rings is 1. The molecule has 0 aliphatic carbocycles. The Morgan fingerprint density at radius 2 is 1.96 bits per heavy atom. The predicted molar refractivity (Wildman–Crippen MR) is 93.1 cm³/mol. The Labute approximate surface area is 135 Å². The van der Waals surface area contributed by atoms with E-state index in [9.17, 15) is 0 Å². The first-order valence-electron chi connectivity index (χ1n) is 8.21. The molecule has 0 radical (unpaired) electrons. The highest BCUT2D eigenvalue weighted by atomic mass is 16.5. The van der Waals surface area contributed by atoms with E-state index in [1.54, 1.807) is 13.4 Å². The summed E-state index contributed by atoms with van der Waals surface area (Å²) in [7, 11) is 1.70. The van der Waals surface area contributed by atoms with Crippen molar-refractivity contribution in [3.8, 4) is 5.75 Å². The maximum atomic E-state index is 5.52. The minimum Gasteiger partial charge on any atom is -0.496 e. The molecule has 3 aromatic rings. The van der Waals surface area contributed by atoms with Gasteiger partial charge in [-0.3, -0.25) is 0 Å². The van der Waals surface area contributed by atoms with Gasteiger partial charge in [0, 0.05) is 13.1 Å². The Kier molecular flexibility index (Phi) is 3.36. The van der Waals surface area contributed by atoms with Crippen molar-refractivity contribution in [2.24, 2.45) is 11.8 Å². The zero-order valence-electron chi connectivity index (χ0n) is 13.8. The fourth-order valence-corrected chi connectivity index (χ4v) is 3.94. The molecule has 2 atom stereocenters. The Morgan fingerprint density at radius 3 is 2.70 bits per heavy atom. The first kappa shape index (κ1) is 14.3. The highest BCUT2D eigenvalue weighted by molar-refractivity contribution is 6.11. The lowest BCUT2D eigenvalue weighted by molar-refractivity contribution is 0.356. The van der Waals surface area contributed by atoms with E-state index in [1.807, 2.05) is 12.1 Å². The molecule has 2 unspecified atom stereocenters. The molecule has 0 spiro atoms. The van der Waals surface area contributed by atoms with E-state index in [0.717, 1.165) is 46.6 Å². The minimum atomic E-state index is 0.683. The highest BCUT2D eigenvalue weighted by Gasteiger charge is 2.25. The number of methoxy groups -OCH3 is 1. The number of ether oxygens (including phenoxy) is 1. The Hall–Kier alpha value is -2.30. The van der Waals surface area contributed by atoms with Crippen molar-refractivity contribution in [2.75, 3.05) is 25.1 Å². The fraction of sp³-hybridized carbons (Fsp3) is 0.444. The quantitative estimate of drug-likeness (QED) is 0.786. The average molecular weight is 310 g/mol. The standard InChI is InChI=1S/C18H22N4O/c1-11-7-12(2)9-22(8-11)18-17-16(19-10-20-18)15-13(21-17)5-4-6-14(15)23-3/h4-6,10-12,21H,7-9H2,1-3H3. The predicted octanol–water partition coefficient (Wildman–Crippen LogP) is 3.60. The molecule has 2 aromatic heterocycles. The van der Waals surface area contributed by atoms with E-state index in [2.05, 4.69) is 39.8 Å². The van der Waals surface area contributed by atoms with Crippen molar-refractivity contribution in [2.45, 2.75) is 20.3 Å². The molecular weight excluding hydrogens is 288 g/mol. The fourth-order valence-electron chi connectivity index (χ4n) is 3.94. The van der Waals surface area contributed by atoms with Gasteiger partial charge in [0.15, 0.2) is 5.82 Å². The molecule has 5 nitrogen and oxygen atoms in total. The number of piperidine rings is 1. The Bertz CT molecular complexity index is 847. The van der Waals surface area contributed by atoms with Crippen LogP contribution in [0.2, 0.25) is 0 Å². The third kappa shape index (κ3) is 2.31. The average Bonchev–Trinajstić information content (AvgIpc) is 2.92. The van der Waals surface area contributed by atoms with Gasteiger partial charge in [-0.2, -0.15) is 0 Å². The molecule has 23 heavy (non-hydrogen) atoms. The number of anilines is 1. The van der Waals surface area contributed by atoms with Crippen LogP contribution in [-0.4, -0.2) is 35.2 Å². The molecule has 1 aromatic carbocycles. The zero-order chi connectivity index (χ0) is 16.0. The number of hydrogen-bond acceptors (Lipinski definition) is 4. The normalized spacial score (nSPS) is 22.0. The SMILES string of the molecule is COc1cccc2[nH]c3c(N4CC(C)CC(C)C4)ncnc3c12. The lowest BCUT2D eigenvalue weighted by Gasteiger charge is -2.35. The van der Waals surface area contributed by atoms with Crippen molar-refractivity contribution in [3.63, 3.8) is 0 Å². The molecule has 0 saturated carbocycles. The molecule has 120 valence electrons. The second kappa shape index (κ2) is 5.41. The smallest absolute Gasteiger partial charge is 0.156 e. The van der Waals surface area contributed by atoms with Crippen LogP contribution in [-0.2, 0) is 0 Å². The summed E-state index contributed by atoms with van der Waals surface area (Å²) in [6, 6.07) is 6.03. The van der Waals surface area contributed by atoms with Crippen LogP contribution in [0.15, 0.2) is 24.5 Å². The van der Waals surface area contributed by atoms with Crippen LogP contribution >= 0.6 is 0 Å². The molecule has 0 amide bonds. The van der Waals surface area contributed by atoms with Crippen LogP contribution < -0.4 is 9.64 Å². The third-order valence-electron chi connectivity index (χ3n) is 4.74. The summed E-state index contributed by atoms with van der Waals surface area (Å²) in [6.07, 6.45) is 2.95. The van der Waals surface area contributed by atoms with E-state index in [-0.39, 0.29) is 0 Å². The first-order valence-corrected chi connectivity index (χ1v) is 8.21. The van der Waals surface area contributed by atoms with Crippen molar-refractivity contribution in [3.05, 3.63) is 24.5 Å². The molecule has 1 fully saturated rings. The van der Waals surface area contributed by atoms with Gasteiger partial charge in [0.2, 0.25) is 0 Å². The van der Waals surface area contributed by atoms with Gasteiger partial charge in [-0.25, -0.2) is 9.97 Å². The summed E-state index contributed by atoms with van der Waals surface area (Å²) in [4.78, 5) is 15.0. The number of nitrogens with one attached hydrogen (secondary N) is 1. The monoisotopic (exact) mass is 310 g/mol. The number of fused-ring (bicyclic) bond motifs is 3. The first-order chi connectivity index (χ1) is 11.2. The summed E-state index contributed by atoms with van der Waals surface area (Å²) in [6.45, 7) is 6.72. The van der Waals surface area contributed by atoms with Gasteiger partial charge in [-0.15, -0.1) is 0 Å². The molecule has 4 rings (SSSR count). The van der Waals surface area contributed by atoms with Crippen LogP contribution in [0.3, 0.4) is 0 Å². The molecule has 1 aliphatic rings. The lowest BCUT2D eigenvalue weighted by Crippen LogP contribution is -2.39. The molecule has 5 heteroatoms. The summed E-state index contributed by atoms with van der Waals surface area (Å²) in [5.41, 5.74) is 2.99. The largest absolute Gasteiger partial charge is 0.496 e. The Morgan fingerprint density at radius 1 is 1.17 bits per heavy atom. The number of rotatable bonds is 2. The second-order valence-electron chi connectivity index (χ2n) is 6.78. The van der Waals surface area contributed by atoms with Crippen molar-refractivity contribution in [1.29, 1.82) is 0 Å². The van der Waals surface area contributed by atoms with Crippen LogP contribution in [0.4, 0.5) is 5.82 Å². The van der Waals surface area contributed by atoms with Gasteiger partial charge in [-0.1, -0.05) is 19.9 Å². The van der Waals surface area contributed by atoms with Crippen molar-refractivity contribution >= 4 is 27.8 Å². The maximum absolute atomic E-state index is 5.52. The van der Waals surface area contributed by atoms with Gasteiger partial charge in [0.05, 0.1) is 18.0 Å². The summed E-state index contributed by atoms with van der Waals surface area (Å²) in [5.74, 6) is 3.22. The second-order valence-corrected chi connectivity index (χ2v) is 6.78. The highest BCUT2D eigenvalue weighted by Crippen LogP contribution is 2.36. The summed E-state index contributed by atoms with van der Waals surface area (Å²) in [5, 5.41) is 1.03. The topological polar surface area (TPSA) is 54.0 Å². The molecule has 3 heterocycles. The molecular formula is C18H22N4O. The van der Waals surface area contributed by atoms with Gasteiger partial charge in [-0.05, 0) is 30.4 Å². The maximum Gasteiger partial charge on any atom is 0.156 e.